The monoisotopic (exact) mass is 282 g/mol. The third-order valence-corrected chi connectivity index (χ3v) is 2.93. The van der Waals surface area contributed by atoms with Gasteiger partial charge in [0.2, 0.25) is 5.91 Å². The number of benzene rings is 1. The minimum atomic E-state index is -1.22. The molecule has 5 nitrogen and oxygen atoms in total. The molecule has 0 heterocycles. The van der Waals surface area contributed by atoms with Gasteiger partial charge in [0.05, 0.1) is 6.04 Å². The van der Waals surface area contributed by atoms with E-state index in [1.165, 1.54) is 18.2 Å². The number of aliphatic carboxylic acids is 1. The molecule has 1 rings (SSSR count). The molecular formula is C14H19FN2O3. The van der Waals surface area contributed by atoms with Crippen LogP contribution in [0.15, 0.2) is 24.3 Å². The Morgan fingerprint density at radius 3 is 2.60 bits per heavy atom. The zero-order valence-electron chi connectivity index (χ0n) is 11.3. The van der Waals surface area contributed by atoms with E-state index in [1.54, 1.807) is 6.07 Å². The summed E-state index contributed by atoms with van der Waals surface area (Å²) in [5.41, 5.74) is 5.86. The van der Waals surface area contributed by atoms with Gasteiger partial charge in [0.15, 0.2) is 0 Å². The van der Waals surface area contributed by atoms with Gasteiger partial charge >= 0.3 is 5.97 Å². The highest BCUT2D eigenvalue weighted by Gasteiger charge is 2.24. The normalized spacial score (nSPS) is 13.6. The molecule has 0 aliphatic heterocycles. The maximum absolute atomic E-state index is 13.5. The first kappa shape index (κ1) is 16.1. The molecule has 0 aliphatic rings. The first-order valence-corrected chi connectivity index (χ1v) is 6.47. The molecule has 2 atom stereocenters. The van der Waals surface area contributed by atoms with Gasteiger partial charge in [-0.3, -0.25) is 4.79 Å². The number of carboxylic acid groups (broad SMARTS) is 1. The highest BCUT2D eigenvalue weighted by Crippen LogP contribution is 2.09. The van der Waals surface area contributed by atoms with Crippen LogP contribution in [-0.4, -0.2) is 29.1 Å². The predicted octanol–water partition coefficient (Wildman–Crippen LogP) is 1.06. The molecular weight excluding hydrogens is 263 g/mol. The van der Waals surface area contributed by atoms with Crippen LogP contribution >= 0.6 is 0 Å². The Morgan fingerprint density at radius 1 is 1.40 bits per heavy atom. The lowest BCUT2D eigenvalue weighted by Gasteiger charge is -2.17. The number of nitrogens with one attached hydrogen (secondary N) is 1. The third kappa shape index (κ3) is 4.62. The van der Waals surface area contributed by atoms with Gasteiger partial charge in [-0.2, -0.15) is 0 Å². The van der Waals surface area contributed by atoms with E-state index in [1.807, 2.05) is 6.92 Å². The summed E-state index contributed by atoms with van der Waals surface area (Å²) < 4.78 is 13.5. The summed E-state index contributed by atoms with van der Waals surface area (Å²) in [4.78, 5) is 22.9. The molecule has 1 unspecified atom stereocenters. The largest absolute Gasteiger partial charge is 0.480 e. The fourth-order valence-corrected chi connectivity index (χ4v) is 1.80. The van der Waals surface area contributed by atoms with Crippen molar-refractivity contribution in [2.45, 2.75) is 38.3 Å². The van der Waals surface area contributed by atoms with Crippen molar-refractivity contribution in [2.75, 3.05) is 0 Å². The van der Waals surface area contributed by atoms with E-state index < -0.39 is 29.8 Å². The van der Waals surface area contributed by atoms with Crippen molar-refractivity contribution in [1.29, 1.82) is 0 Å². The lowest BCUT2D eigenvalue weighted by Crippen LogP contribution is -2.49. The fourth-order valence-electron chi connectivity index (χ4n) is 1.80. The van der Waals surface area contributed by atoms with Gasteiger partial charge < -0.3 is 16.2 Å². The molecule has 1 aromatic carbocycles. The van der Waals surface area contributed by atoms with E-state index >= 15 is 0 Å². The van der Waals surface area contributed by atoms with E-state index in [0.717, 1.165) is 6.42 Å². The maximum atomic E-state index is 13.5. The molecule has 0 radical (unpaired) electrons. The number of hydrogen-bond acceptors (Lipinski definition) is 3. The van der Waals surface area contributed by atoms with E-state index in [9.17, 15) is 14.0 Å². The van der Waals surface area contributed by atoms with Crippen molar-refractivity contribution in [3.8, 4) is 0 Å². The molecule has 20 heavy (non-hydrogen) atoms. The van der Waals surface area contributed by atoms with Crippen LogP contribution in [0.25, 0.3) is 0 Å². The number of carbonyl (C=O) groups excluding carboxylic acids is 1. The van der Waals surface area contributed by atoms with Crippen molar-refractivity contribution >= 4 is 11.9 Å². The molecule has 0 spiro atoms. The second kappa shape index (κ2) is 7.59. The number of hydrogen-bond donors (Lipinski definition) is 3. The molecule has 0 fully saturated rings. The quantitative estimate of drug-likeness (QED) is 0.697. The summed E-state index contributed by atoms with van der Waals surface area (Å²) in [5, 5.41) is 11.5. The SMILES string of the molecule is CCC[C@H](N)C(=O)NC(Cc1ccccc1F)C(=O)O. The van der Waals surface area contributed by atoms with E-state index in [-0.39, 0.29) is 12.0 Å². The van der Waals surface area contributed by atoms with Crippen LogP contribution in [-0.2, 0) is 16.0 Å². The first-order chi connectivity index (χ1) is 9.45. The molecule has 4 N–H and O–H groups in total. The molecule has 0 saturated heterocycles. The minimum absolute atomic E-state index is 0.118. The topological polar surface area (TPSA) is 92.4 Å². The zero-order chi connectivity index (χ0) is 15.1. The van der Waals surface area contributed by atoms with Crippen LogP contribution in [0.5, 0.6) is 0 Å². The smallest absolute Gasteiger partial charge is 0.326 e. The number of carbonyl (C=O) groups is 2. The van der Waals surface area contributed by atoms with Crippen molar-refractivity contribution < 1.29 is 19.1 Å². The minimum Gasteiger partial charge on any atom is -0.480 e. The molecule has 1 amide bonds. The maximum Gasteiger partial charge on any atom is 0.326 e. The molecule has 0 bridgehead atoms. The average molecular weight is 282 g/mol. The Kier molecular flexibility index (Phi) is 6.11. The Hall–Kier alpha value is -1.95. The van der Waals surface area contributed by atoms with Gasteiger partial charge in [-0.15, -0.1) is 0 Å². The highest BCUT2D eigenvalue weighted by molar-refractivity contribution is 5.86. The molecule has 0 aliphatic carbocycles. The van der Waals surface area contributed by atoms with Crippen molar-refractivity contribution in [3.05, 3.63) is 35.6 Å². The first-order valence-electron chi connectivity index (χ1n) is 6.47. The lowest BCUT2D eigenvalue weighted by molar-refractivity contribution is -0.142. The van der Waals surface area contributed by atoms with Gasteiger partial charge in [0, 0.05) is 6.42 Å². The van der Waals surface area contributed by atoms with Crippen LogP contribution in [0.1, 0.15) is 25.3 Å². The highest BCUT2D eigenvalue weighted by atomic mass is 19.1. The standard InChI is InChI=1S/C14H19FN2O3/c1-2-5-11(16)13(18)17-12(14(19)20)8-9-6-3-4-7-10(9)15/h3-4,6-7,11-12H,2,5,8,16H2,1H3,(H,17,18)(H,19,20)/t11-,12?/m0/s1. The van der Waals surface area contributed by atoms with Gasteiger partial charge in [0.1, 0.15) is 11.9 Å². The van der Waals surface area contributed by atoms with Crippen LogP contribution < -0.4 is 11.1 Å². The molecule has 110 valence electrons. The third-order valence-electron chi connectivity index (χ3n) is 2.93. The van der Waals surface area contributed by atoms with E-state index in [2.05, 4.69) is 5.32 Å². The summed E-state index contributed by atoms with van der Waals surface area (Å²) in [6, 6.07) is 3.93. The van der Waals surface area contributed by atoms with Crippen LogP contribution in [0.2, 0.25) is 0 Å². The Labute approximate surface area is 117 Å². The zero-order valence-corrected chi connectivity index (χ0v) is 11.3. The number of nitrogens with two attached hydrogens (primary N) is 1. The summed E-state index contributed by atoms with van der Waals surface area (Å²) >= 11 is 0. The van der Waals surface area contributed by atoms with Gasteiger partial charge in [-0.1, -0.05) is 31.5 Å². The summed E-state index contributed by atoms with van der Waals surface area (Å²) in [6.07, 6.45) is 1.07. The van der Waals surface area contributed by atoms with Crippen LogP contribution in [0.3, 0.4) is 0 Å². The second-order valence-electron chi connectivity index (χ2n) is 4.59. The van der Waals surface area contributed by atoms with Gasteiger partial charge in [0.25, 0.3) is 0 Å². The molecule has 0 aromatic heterocycles. The van der Waals surface area contributed by atoms with Gasteiger partial charge in [-0.25, -0.2) is 9.18 Å². The summed E-state index contributed by atoms with van der Waals surface area (Å²) in [6.45, 7) is 1.88. The number of halogens is 1. The lowest BCUT2D eigenvalue weighted by atomic mass is 10.0. The predicted molar refractivity (Wildman–Crippen MR) is 72.6 cm³/mol. The van der Waals surface area contributed by atoms with E-state index in [4.69, 9.17) is 10.8 Å². The van der Waals surface area contributed by atoms with Crippen molar-refractivity contribution in [3.63, 3.8) is 0 Å². The summed E-state index contributed by atoms with van der Waals surface area (Å²) in [7, 11) is 0. The van der Waals surface area contributed by atoms with Crippen LogP contribution in [0.4, 0.5) is 4.39 Å². The Bertz CT molecular complexity index is 479. The molecule has 6 heteroatoms. The summed E-state index contributed by atoms with van der Waals surface area (Å²) in [5.74, 6) is -2.24. The average Bonchev–Trinajstić information content (AvgIpc) is 2.40. The number of carboxylic acids is 1. The number of rotatable bonds is 7. The molecule has 0 saturated carbocycles. The van der Waals surface area contributed by atoms with E-state index in [0.29, 0.717) is 6.42 Å². The van der Waals surface area contributed by atoms with Crippen LogP contribution in [0, 0.1) is 5.82 Å². The number of amides is 1. The Balaban J connectivity index is 2.73. The van der Waals surface area contributed by atoms with Crippen molar-refractivity contribution in [2.24, 2.45) is 5.73 Å². The van der Waals surface area contributed by atoms with Gasteiger partial charge in [-0.05, 0) is 18.1 Å². The second-order valence-corrected chi connectivity index (χ2v) is 4.59. The molecule has 1 aromatic rings. The fraction of sp³-hybridized carbons (Fsp3) is 0.429. The Morgan fingerprint density at radius 2 is 2.05 bits per heavy atom. The van der Waals surface area contributed by atoms with Crippen molar-refractivity contribution in [1.82, 2.24) is 5.32 Å².